The molecule has 19 heavy (non-hydrogen) atoms. The van der Waals surface area contributed by atoms with E-state index in [4.69, 9.17) is 0 Å². The molecule has 2 aromatic heterocycles. The Hall–Kier alpha value is -1.88. The van der Waals surface area contributed by atoms with E-state index in [2.05, 4.69) is 29.2 Å². The van der Waals surface area contributed by atoms with Crippen molar-refractivity contribution in [3.63, 3.8) is 0 Å². The zero-order valence-electron chi connectivity index (χ0n) is 11.1. The molecule has 2 N–H and O–H groups in total. The highest BCUT2D eigenvalue weighted by atomic mass is 16.3. The maximum Gasteiger partial charge on any atom is 0.153 e. The van der Waals surface area contributed by atoms with Gasteiger partial charge in [0, 0.05) is 23.9 Å². The van der Waals surface area contributed by atoms with Crippen LogP contribution in [0.25, 0.3) is 5.82 Å². The molecule has 2 unspecified atom stereocenters. The minimum atomic E-state index is -0.221. The standard InChI is InChI=1S/C14H18N4O/c1-14(2)11(8-12(14)19)17-10-4-5-13(15-9-10)18-7-3-6-16-18/h3-7,9,11-12,17,19H,8H2,1-2H3. The van der Waals surface area contributed by atoms with Gasteiger partial charge in [0.25, 0.3) is 0 Å². The third-order valence-electron chi connectivity index (χ3n) is 4.04. The summed E-state index contributed by atoms with van der Waals surface area (Å²) in [5.41, 5.74) is 0.890. The molecule has 1 fully saturated rings. The summed E-state index contributed by atoms with van der Waals surface area (Å²) in [6, 6.07) is 6.08. The average Bonchev–Trinajstić information content (AvgIpc) is 2.93. The van der Waals surface area contributed by atoms with E-state index in [-0.39, 0.29) is 11.5 Å². The Bertz CT molecular complexity index is 547. The molecule has 5 nitrogen and oxygen atoms in total. The average molecular weight is 258 g/mol. The topological polar surface area (TPSA) is 63.0 Å². The zero-order chi connectivity index (χ0) is 13.5. The number of hydrogen-bond acceptors (Lipinski definition) is 4. The molecule has 0 radical (unpaired) electrons. The largest absolute Gasteiger partial charge is 0.392 e. The molecule has 0 aromatic carbocycles. The summed E-state index contributed by atoms with van der Waals surface area (Å²) in [6.07, 6.45) is 5.96. The smallest absolute Gasteiger partial charge is 0.153 e. The fourth-order valence-electron chi connectivity index (χ4n) is 2.36. The lowest BCUT2D eigenvalue weighted by atomic mass is 9.64. The Morgan fingerprint density at radius 1 is 1.42 bits per heavy atom. The molecule has 5 heteroatoms. The van der Waals surface area contributed by atoms with Crippen LogP contribution in [-0.2, 0) is 0 Å². The van der Waals surface area contributed by atoms with Gasteiger partial charge in [-0.15, -0.1) is 0 Å². The van der Waals surface area contributed by atoms with Gasteiger partial charge < -0.3 is 10.4 Å². The highest BCUT2D eigenvalue weighted by Crippen LogP contribution is 2.42. The van der Waals surface area contributed by atoms with Crippen molar-refractivity contribution < 1.29 is 5.11 Å². The zero-order valence-corrected chi connectivity index (χ0v) is 11.1. The Morgan fingerprint density at radius 3 is 2.79 bits per heavy atom. The van der Waals surface area contributed by atoms with Gasteiger partial charge in [0.1, 0.15) is 0 Å². The first-order chi connectivity index (χ1) is 9.07. The Kier molecular flexibility index (Phi) is 2.78. The van der Waals surface area contributed by atoms with Crippen molar-refractivity contribution in [3.8, 4) is 5.82 Å². The van der Waals surface area contributed by atoms with Crippen molar-refractivity contribution in [1.82, 2.24) is 14.8 Å². The van der Waals surface area contributed by atoms with Crippen molar-refractivity contribution in [2.45, 2.75) is 32.4 Å². The Morgan fingerprint density at radius 2 is 2.26 bits per heavy atom. The molecule has 1 aliphatic carbocycles. The molecule has 0 bridgehead atoms. The third kappa shape index (κ3) is 2.10. The summed E-state index contributed by atoms with van der Waals surface area (Å²) < 4.78 is 1.72. The summed E-state index contributed by atoms with van der Waals surface area (Å²) >= 11 is 0. The van der Waals surface area contributed by atoms with E-state index in [9.17, 15) is 5.11 Å². The summed E-state index contributed by atoms with van der Waals surface area (Å²) in [5.74, 6) is 0.795. The number of anilines is 1. The van der Waals surface area contributed by atoms with Gasteiger partial charge in [0.2, 0.25) is 0 Å². The van der Waals surface area contributed by atoms with Gasteiger partial charge in [-0.05, 0) is 24.6 Å². The van der Waals surface area contributed by atoms with Gasteiger partial charge in [0.05, 0.1) is 18.0 Å². The normalized spacial score (nSPS) is 24.8. The van der Waals surface area contributed by atoms with Crippen molar-refractivity contribution in [2.75, 3.05) is 5.32 Å². The molecule has 1 aliphatic rings. The molecule has 3 rings (SSSR count). The van der Waals surface area contributed by atoms with Crippen LogP contribution in [0.3, 0.4) is 0 Å². The van der Waals surface area contributed by atoms with Crippen LogP contribution in [0.2, 0.25) is 0 Å². The molecular weight excluding hydrogens is 240 g/mol. The van der Waals surface area contributed by atoms with E-state index in [0.29, 0.717) is 6.04 Å². The molecule has 2 heterocycles. The molecule has 100 valence electrons. The lowest BCUT2D eigenvalue weighted by molar-refractivity contribution is -0.0510. The molecule has 2 atom stereocenters. The van der Waals surface area contributed by atoms with E-state index in [0.717, 1.165) is 17.9 Å². The van der Waals surface area contributed by atoms with Crippen molar-refractivity contribution in [1.29, 1.82) is 0 Å². The van der Waals surface area contributed by atoms with Gasteiger partial charge in [0.15, 0.2) is 5.82 Å². The van der Waals surface area contributed by atoms with E-state index < -0.39 is 0 Å². The summed E-state index contributed by atoms with van der Waals surface area (Å²) in [7, 11) is 0. The van der Waals surface area contributed by atoms with Crippen molar-refractivity contribution in [3.05, 3.63) is 36.8 Å². The van der Waals surface area contributed by atoms with Crippen LogP contribution in [0, 0.1) is 5.41 Å². The quantitative estimate of drug-likeness (QED) is 0.881. The van der Waals surface area contributed by atoms with E-state index in [1.807, 2.05) is 24.4 Å². The second-order valence-electron chi connectivity index (χ2n) is 5.63. The van der Waals surface area contributed by atoms with Crippen molar-refractivity contribution in [2.24, 2.45) is 5.41 Å². The molecule has 0 aliphatic heterocycles. The van der Waals surface area contributed by atoms with Crippen LogP contribution in [0.15, 0.2) is 36.8 Å². The second-order valence-corrected chi connectivity index (χ2v) is 5.63. The Balaban J connectivity index is 1.70. The number of aliphatic hydroxyl groups excluding tert-OH is 1. The van der Waals surface area contributed by atoms with Gasteiger partial charge in [-0.1, -0.05) is 13.8 Å². The van der Waals surface area contributed by atoms with Gasteiger partial charge in [-0.25, -0.2) is 9.67 Å². The fraction of sp³-hybridized carbons (Fsp3) is 0.429. The van der Waals surface area contributed by atoms with Crippen LogP contribution >= 0.6 is 0 Å². The summed E-state index contributed by atoms with van der Waals surface area (Å²) in [5, 5.41) is 17.3. The molecule has 0 saturated heterocycles. The predicted molar refractivity (Wildman–Crippen MR) is 73.2 cm³/mol. The molecule has 1 saturated carbocycles. The second kappa shape index (κ2) is 4.35. The maximum atomic E-state index is 9.73. The molecule has 0 spiro atoms. The highest BCUT2D eigenvalue weighted by molar-refractivity contribution is 5.45. The van der Waals surface area contributed by atoms with E-state index in [1.165, 1.54) is 0 Å². The number of aliphatic hydroxyl groups is 1. The maximum absolute atomic E-state index is 9.73. The number of pyridine rings is 1. The van der Waals surface area contributed by atoms with E-state index >= 15 is 0 Å². The minimum absolute atomic E-state index is 0.0827. The number of nitrogens with one attached hydrogen (secondary N) is 1. The van der Waals surface area contributed by atoms with Gasteiger partial charge in [-0.3, -0.25) is 0 Å². The minimum Gasteiger partial charge on any atom is -0.392 e. The fourth-order valence-corrected chi connectivity index (χ4v) is 2.36. The molecule has 0 amide bonds. The first-order valence-electron chi connectivity index (χ1n) is 6.48. The first-order valence-corrected chi connectivity index (χ1v) is 6.48. The van der Waals surface area contributed by atoms with E-state index in [1.54, 1.807) is 17.1 Å². The van der Waals surface area contributed by atoms with Gasteiger partial charge >= 0.3 is 0 Å². The van der Waals surface area contributed by atoms with Crippen LogP contribution < -0.4 is 5.32 Å². The number of rotatable bonds is 3. The summed E-state index contributed by atoms with van der Waals surface area (Å²) in [4.78, 5) is 4.37. The first kappa shape index (κ1) is 12.2. The van der Waals surface area contributed by atoms with Crippen molar-refractivity contribution >= 4 is 5.69 Å². The van der Waals surface area contributed by atoms with Crippen LogP contribution in [0.1, 0.15) is 20.3 Å². The lowest BCUT2D eigenvalue weighted by Crippen LogP contribution is -2.56. The van der Waals surface area contributed by atoms with Gasteiger partial charge in [-0.2, -0.15) is 5.10 Å². The summed E-state index contributed by atoms with van der Waals surface area (Å²) in [6.45, 7) is 4.15. The highest BCUT2D eigenvalue weighted by Gasteiger charge is 2.47. The third-order valence-corrected chi connectivity index (χ3v) is 4.04. The number of hydrogen-bond donors (Lipinski definition) is 2. The van der Waals surface area contributed by atoms with Crippen LogP contribution in [-0.4, -0.2) is 32.0 Å². The van der Waals surface area contributed by atoms with Crippen LogP contribution in [0.5, 0.6) is 0 Å². The molecular formula is C14H18N4O. The lowest BCUT2D eigenvalue weighted by Gasteiger charge is -2.49. The Labute approximate surface area is 112 Å². The number of nitrogens with zero attached hydrogens (tertiary/aromatic N) is 3. The molecule has 2 aromatic rings. The predicted octanol–water partition coefficient (Wildman–Crippen LogP) is 1.84. The van der Waals surface area contributed by atoms with Crippen LogP contribution in [0.4, 0.5) is 5.69 Å². The number of aromatic nitrogens is 3. The monoisotopic (exact) mass is 258 g/mol. The SMILES string of the molecule is CC1(C)C(O)CC1Nc1ccc(-n2cccn2)nc1.